The number of hydrogen-bond donors (Lipinski definition) is 1. The summed E-state index contributed by atoms with van der Waals surface area (Å²) in [6, 6.07) is 5.25. The number of aromatic nitrogens is 1. The maximum atomic E-state index is 11.0. The fraction of sp³-hybridized carbons (Fsp3) is 0.111. The van der Waals surface area contributed by atoms with Crippen molar-refractivity contribution >= 4 is 46.2 Å². The molecule has 0 fully saturated rings. The van der Waals surface area contributed by atoms with Crippen molar-refractivity contribution in [3.05, 3.63) is 23.2 Å². The Kier molecular flexibility index (Phi) is 2.79. The van der Waals surface area contributed by atoms with E-state index in [9.17, 15) is 4.79 Å². The Balaban J connectivity index is 2.39. The van der Waals surface area contributed by atoms with Gasteiger partial charge in [-0.15, -0.1) is 11.6 Å². The predicted octanol–water partition coefficient (Wildman–Crippen LogP) is 2.66. The zero-order valence-electron chi connectivity index (χ0n) is 7.46. The molecule has 0 aliphatic carbocycles. The number of carbonyl (C=O) groups excluding carboxylic acids is 1. The van der Waals surface area contributed by atoms with Gasteiger partial charge >= 0.3 is 6.01 Å². The first-order chi connectivity index (χ1) is 7.20. The Hall–Kier alpha value is -1.26. The van der Waals surface area contributed by atoms with Crippen LogP contribution in [0.2, 0.25) is 5.02 Å². The molecular formula is C9H6Cl2N2O2. The van der Waals surface area contributed by atoms with Crippen LogP contribution < -0.4 is 5.32 Å². The summed E-state index contributed by atoms with van der Waals surface area (Å²) in [5.41, 5.74) is 1.04. The monoisotopic (exact) mass is 244 g/mol. The van der Waals surface area contributed by atoms with Crippen LogP contribution in [0.4, 0.5) is 6.01 Å². The zero-order chi connectivity index (χ0) is 10.8. The van der Waals surface area contributed by atoms with Gasteiger partial charge in [0.15, 0.2) is 5.58 Å². The van der Waals surface area contributed by atoms with Crippen LogP contribution in [0.15, 0.2) is 22.6 Å². The number of halogens is 2. The van der Waals surface area contributed by atoms with Gasteiger partial charge in [0.05, 0.1) is 5.02 Å². The normalized spacial score (nSPS) is 10.5. The molecule has 4 nitrogen and oxygen atoms in total. The third-order valence-electron chi connectivity index (χ3n) is 1.74. The van der Waals surface area contributed by atoms with Crippen LogP contribution >= 0.6 is 23.2 Å². The maximum absolute atomic E-state index is 11.0. The van der Waals surface area contributed by atoms with Crippen molar-refractivity contribution in [3.63, 3.8) is 0 Å². The summed E-state index contributed by atoms with van der Waals surface area (Å²) in [6.45, 7) is 0. The van der Waals surface area contributed by atoms with Gasteiger partial charge < -0.3 is 4.42 Å². The summed E-state index contributed by atoms with van der Waals surface area (Å²) in [7, 11) is 0. The number of anilines is 1. The molecule has 0 bridgehead atoms. The van der Waals surface area contributed by atoms with Crippen LogP contribution in [-0.4, -0.2) is 16.8 Å². The average molecular weight is 245 g/mol. The fourth-order valence-corrected chi connectivity index (χ4v) is 1.40. The van der Waals surface area contributed by atoms with E-state index in [2.05, 4.69) is 10.3 Å². The Labute approximate surface area is 95.2 Å². The number of nitrogens with zero attached hydrogens (tertiary/aromatic N) is 1. The topological polar surface area (TPSA) is 55.1 Å². The molecular weight excluding hydrogens is 239 g/mol. The van der Waals surface area contributed by atoms with Gasteiger partial charge in [-0.2, -0.15) is 4.98 Å². The molecule has 1 aromatic carbocycles. The van der Waals surface area contributed by atoms with E-state index in [4.69, 9.17) is 27.6 Å². The number of carbonyl (C=O) groups is 1. The van der Waals surface area contributed by atoms with E-state index in [-0.39, 0.29) is 17.8 Å². The highest BCUT2D eigenvalue weighted by Gasteiger charge is 2.10. The second kappa shape index (κ2) is 4.08. The number of nitrogens with one attached hydrogen (secondary N) is 1. The Morgan fingerprint density at radius 3 is 3.00 bits per heavy atom. The van der Waals surface area contributed by atoms with E-state index < -0.39 is 0 Å². The molecule has 0 aliphatic heterocycles. The third kappa shape index (κ3) is 2.06. The molecule has 0 atom stereocenters. The average Bonchev–Trinajstić information content (AvgIpc) is 2.62. The van der Waals surface area contributed by atoms with Crippen LogP contribution in [-0.2, 0) is 4.79 Å². The molecule has 2 rings (SSSR count). The standard InChI is InChI=1S/C9H6Cl2N2O2/c10-4-7(14)12-9-13-8-5(11)2-1-3-6(8)15-9/h1-3H,4H2,(H,12,13,14). The van der Waals surface area contributed by atoms with Gasteiger partial charge in [-0.3, -0.25) is 10.1 Å². The van der Waals surface area contributed by atoms with E-state index in [1.165, 1.54) is 0 Å². The summed E-state index contributed by atoms with van der Waals surface area (Å²) < 4.78 is 5.24. The number of benzene rings is 1. The molecule has 1 amide bonds. The summed E-state index contributed by atoms with van der Waals surface area (Å²) in [5.74, 6) is -0.522. The lowest BCUT2D eigenvalue weighted by molar-refractivity contribution is -0.114. The summed E-state index contributed by atoms with van der Waals surface area (Å²) in [6.07, 6.45) is 0. The molecule has 78 valence electrons. The van der Waals surface area contributed by atoms with Crippen molar-refractivity contribution in [2.75, 3.05) is 11.2 Å². The molecule has 0 saturated carbocycles. The van der Waals surface area contributed by atoms with Crippen LogP contribution in [0.1, 0.15) is 0 Å². The first-order valence-electron chi connectivity index (χ1n) is 4.11. The second-order valence-corrected chi connectivity index (χ2v) is 3.46. The highest BCUT2D eigenvalue weighted by molar-refractivity contribution is 6.34. The largest absolute Gasteiger partial charge is 0.423 e. The molecule has 0 saturated heterocycles. The molecule has 0 unspecified atom stereocenters. The summed E-state index contributed by atoms with van der Waals surface area (Å²) >= 11 is 11.2. The van der Waals surface area contributed by atoms with Gasteiger partial charge in [0.25, 0.3) is 0 Å². The van der Waals surface area contributed by atoms with E-state index in [1.807, 2.05) is 0 Å². The third-order valence-corrected chi connectivity index (χ3v) is 2.29. The second-order valence-electron chi connectivity index (χ2n) is 2.79. The number of oxazole rings is 1. The molecule has 0 aliphatic rings. The molecule has 15 heavy (non-hydrogen) atoms. The highest BCUT2D eigenvalue weighted by atomic mass is 35.5. The minimum atomic E-state index is -0.376. The van der Waals surface area contributed by atoms with Gasteiger partial charge in [0, 0.05) is 0 Å². The summed E-state index contributed by atoms with van der Waals surface area (Å²) in [5, 5.41) is 2.88. The first-order valence-corrected chi connectivity index (χ1v) is 5.03. The summed E-state index contributed by atoms with van der Waals surface area (Å²) in [4.78, 5) is 15.0. The van der Waals surface area contributed by atoms with Crippen molar-refractivity contribution in [3.8, 4) is 0 Å². The lowest BCUT2D eigenvalue weighted by Crippen LogP contribution is -2.12. The number of amides is 1. The van der Waals surface area contributed by atoms with Crippen LogP contribution in [0, 0.1) is 0 Å². The van der Waals surface area contributed by atoms with Crippen LogP contribution in [0.3, 0.4) is 0 Å². The smallest absolute Gasteiger partial charge is 0.302 e. The highest BCUT2D eigenvalue weighted by Crippen LogP contribution is 2.25. The fourth-order valence-electron chi connectivity index (χ4n) is 1.12. The lowest BCUT2D eigenvalue weighted by Gasteiger charge is -1.93. The maximum Gasteiger partial charge on any atom is 0.302 e. The molecule has 0 spiro atoms. The van der Waals surface area contributed by atoms with Crippen molar-refractivity contribution in [1.82, 2.24) is 4.98 Å². The van der Waals surface area contributed by atoms with E-state index >= 15 is 0 Å². The molecule has 1 N–H and O–H groups in total. The Morgan fingerprint density at radius 1 is 1.53 bits per heavy atom. The van der Waals surface area contributed by atoms with Crippen molar-refractivity contribution in [1.29, 1.82) is 0 Å². The number of rotatable bonds is 2. The zero-order valence-corrected chi connectivity index (χ0v) is 8.97. The van der Waals surface area contributed by atoms with Gasteiger partial charge in [-0.05, 0) is 12.1 Å². The quantitative estimate of drug-likeness (QED) is 0.827. The molecule has 0 radical (unpaired) electrons. The number of hydrogen-bond acceptors (Lipinski definition) is 3. The molecule has 2 aromatic rings. The minimum Gasteiger partial charge on any atom is -0.423 e. The van der Waals surface area contributed by atoms with E-state index in [0.717, 1.165) is 0 Å². The molecule has 6 heteroatoms. The predicted molar refractivity (Wildman–Crippen MR) is 58.4 cm³/mol. The van der Waals surface area contributed by atoms with Gasteiger partial charge in [0.1, 0.15) is 11.4 Å². The van der Waals surface area contributed by atoms with Crippen LogP contribution in [0.25, 0.3) is 11.1 Å². The first kappa shape index (κ1) is 10.3. The number of fused-ring (bicyclic) bond motifs is 1. The van der Waals surface area contributed by atoms with Gasteiger partial charge in [-0.1, -0.05) is 17.7 Å². The number of alkyl halides is 1. The van der Waals surface area contributed by atoms with Crippen molar-refractivity contribution < 1.29 is 9.21 Å². The van der Waals surface area contributed by atoms with Crippen LogP contribution in [0.5, 0.6) is 0 Å². The molecule has 1 aromatic heterocycles. The van der Waals surface area contributed by atoms with Crippen molar-refractivity contribution in [2.24, 2.45) is 0 Å². The van der Waals surface area contributed by atoms with Gasteiger partial charge in [0.2, 0.25) is 5.91 Å². The van der Waals surface area contributed by atoms with E-state index in [1.54, 1.807) is 18.2 Å². The Bertz CT molecular complexity index is 510. The molecule has 1 heterocycles. The van der Waals surface area contributed by atoms with Gasteiger partial charge in [-0.25, -0.2) is 0 Å². The van der Waals surface area contributed by atoms with E-state index in [0.29, 0.717) is 16.1 Å². The SMILES string of the molecule is O=C(CCl)Nc1nc2c(Cl)cccc2o1. The van der Waals surface area contributed by atoms with Crippen molar-refractivity contribution in [2.45, 2.75) is 0 Å². The minimum absolute atomic E-state index is 0.101. The number of para-hydroxylation sites is 1. The Morgan fingerprint density at radius 2 is 2.33 bits per heavy atom. The lowest BCUT2D eigenvalue weighted by atomic mass is 10.3.